The lowest BCUT2D eigenvalue weighted by molar-refractivity contribution is -0.0479. The van der Waals surface area contributed by atoms with E-state index in [2.05, 4.69) is 46.8 Å². The molecule has 0 heterocycles. The van der Waals surface area contributed by atoms with Crippen LogP contribution in [0.3, 0.4) is 0 Å². The van der Waals surface area contributed by atoms with E-state index in [1.165, 1.54) is 57.8 Å². The van der Waals surface area contributed by atoms with E-state index in [0.29, 0.717) is 10.8 Å². The summed E-state index contributed by atoms with van der Waals surface area (Å²) in [5.41, 5.74) is 4.70. The maximum absolute atomic E-state index is 2.68. The Hall–Kier alpha value is -0.520. The maximum Gasteiger partial charge on any atom is -0.00851 e. The van der Waals surface area contributed by atoms with Gasteiger partial charge in [0.05, 0.1) is 0 Å². The van der Waals surface area contributed by atoms with Gasteiger partial charge in [-0.2, -0.15) is 0 Å². The van der Waals surface area contributed by atoms with Crippen molar-refractivity contribution in [2.75, 3.05) is 0 Å². The summed E-state index contributed by atoms with van der Waals surface area (Å²) in [6, 6.07) is 0. The molecule has 0 aromatic carbocycles. The summed E-state index contributed by atoms with van der Waals surface area (Å²) < 4.78 is 0. The Morgan fingerprint density at radius 2 is 1.88 bits per heavy atom. The zero-order valence-electron chi connectivity index (χ0n) is 17.4. The third-order valence-electron chi connectivity index (χ3n) is 9.42. The quantitative estimate of drug-likeness (QED) is 0.455. The second-order valence-electron chi connectivity index (χ2n) is 10.6. The molecule has 0 nitrogen and oxygen atoms in total. The smallest absolute Gasteiger partial charge is 0.00851 e. The van der Waals surface area contributed by atoms with Gasteiger partial charge in [0.2, 0.25) is 0 Å². The maximum atomic E-state index is 2.68. The molecule has 0 heteroatoms. The number of allylic oxidation sites excluding steroid dienone is 4. The van der Waals surface area contributed by atoms with Crippen molar-refractivity contribution in [1.82, 2.24) is 0 Å². The molecule has 0 amide bonds. The average molecular weight is 341 g/mol. The molecule has 0 saturated heterocycles. The molecule has 0 N–H and O–H groups in total. The number of rotatable bonds is 2. The molecular formula is C25H40. The lowest BCUT2D eigenvalue weighted by Crippen LogP contribution is -2.50. The Bertz CT molecular complexity index is 581. The van der Waals surface area contributed by atoms with Crippen molar-refractivity contribution in [3.05, 3.63) is 23.3 Å². The minimum Gasteiger partial charge on any atom is -0.0856 e. The van der Waals surface area contributed by atoms with Crippen LogP contribution >= 0.6 is 0 Å². The molecule has 0 radical (unpaired) electrons. The highest BCUT2D eigenvalue weighted by molar-refractivity contribution is 5.25. The first-order valence-corrected chi connectivity index (χ1v) is 11.3. The van der Waals surface area contributed by atoms with Crippen LogP contribution in [0.15, 0.2) is 23.3 Å². The van der Waals surface area contributed by atoms with E-state index in [1.807, 2.05) is 5.57 Å². The van der Waals surface area contributed by atoms with Gasteiger partial charge in [-0.15, -0.1) is 0 Å². The van der Waals surface area contributed by atoms with Crippen LogP contribution in [0.25, 0.3) is 0 Å². The van der Waals surface area contributed by atoms with Crippen molar-refractivity contribution in [2.45, 2.75) is 92.4 Å². The highest BCUT2D eigenvalue weighted by Gasteiger charge is 2.58. The van der Waals surface area contributed by atoms with Gasteiger partial charge in [0, 0.05) is 0 Å². The minimum absolute atomic E-state index is 0.545. The lowest BCUT2D eigenvalue weighted by Gasteiger charge is -2.58. The van der Waals surface area contributed by atoms with Crippen LogP contribution in [-0.2, 0) is 0 Å². The first-order valence-electron chi connectivity index (χ1n) is 11.3. The molecule has 4 aliphatic rings. The number of fused-ring (bicyclic) bond motifs is 5. The molecule has 0 spiro atoms. The summed E-state index contributed by atoms with van der Waals surface area (Å²) >= 11 is 0. The van der Waals surface area contributed by atoms with E-state index in [-0.39, 0.29) is 0 Å². The molecule has 140 valence electrons. The van der Waals surface area contributed by atoms with Crippen LogP contribution in [0.1, 0.15) is 92.4 Å². The van der Waals surface area contributed by atoms with Gasteiger partial charge in [0.25, 0.3) is 0 Å². The average Bonchev–Trinajstić information content (AvgIpc) is 2.93. The Kier molecular flexibility index (Phi) is 4.49. The van der Waals surface area contributed by atoms with Crippen molar-refractivity contribution >= 4 is 0 Å². The Labute approximate surface area is 156 Å². The van der Waals surface area contributed by atoms with Crippen LogP contribution in [0, 0.1) is 40.4 Å². The van der Waals surface area contributed by atoms with Crippen LogP contribution < -0.4 is 0 Å². The fourth-order valence-electron chi connectivity index (χ4n) is 8.11. The molecule has 0 aliphatic heterocycles. The SMILES string of the molecule is CC/C=C(\C)C1CCC2C3CCC4=CC(C)CCC4(C)C3CCC12C. The number of hydrogen-bond acceptors (Lipinski definition) is 0. The predicted molar refractivity (Wildman–Crippen MR) is 108 cm³/mol. The summed E-state index contributed by atoms with van der Waals surface area (Å²) in [4.78, 5) is 0. The van der Waals surface area contributed by atoms with Gasteiger partial charge in [-0.3, -0.25) is 0 Å². The molecule has 3 saturated carbocycles. The van der Waals surface area contributed by atoms with E-state index in [4.69, 9.17) is 0 Å². The highest BCUT2D eigenvalue weighted by atomic mass is 14.6. The summed E-state index contributed by atoms with van der Waals surface area (Å²) in [7, 11) is 0. The van der Waals surface area contributed by atoms with E-state index in [9.17, 15) is 0 Å². The molecule has 7 unspecified atom stereocenters. The lowest BCUT2D eigenvalue weighted by atomic mass is 9.46. The summed E-state index contributed by atoms with van der Waals surface area (Å²) in [5, 5.41) is 0. The van der Waals surface area contributed by atoms with E-state index >= 15 is 0 Å². The standard InChI is InChI=1S/C25H40/c1-6-7-18(3)21-10-11-22-20-9-8-19-16-17(2)12-14-24(19,4)23(20)13-15-25(21,22)5/h7,16-17,20-23H,6,8-15H2,1-5H3/b18-7+. The van der Waals surface area contributed by atoms with Gasteiger partial charge in [-0.05, 0) is 105 Å². The molecule has 4 aliphatic carbocycles. The Morgan fingerprint density at radius 3 is 2.64 bits per heavy atom. The zero-order valence-corrected chi connectivity index (χ0v) is 17.4. The van der Waals surface area contributed by atoms with Crippen LogP contribution in [0.4, 0.5) is 0 Å². The number of hydrogen-bond donors (Lipinski definition) is 0. The molecule has 7 atom stereocenters. The van der Waals surface area contributed by atoms with Crippen molar-refractivity contribution in [1.29, 1.82) is 0 Å². The third-order valence-corrected chi connectivity index (χ3v) is 9.42. The summed E-state index contributed by atoms with van der Waals surface area (Å²) in [6.07, 6.45) is 18.1. The normalized spacial score (nSPS) is 49.9. The molecule has 0 aromatic heterocycles. The second kappa shape index (κ2) is 6.28. The molecule has 3 fully saturated rings. The zero-order chi connectivity index (χ0) is 17.8. The third kappa shape index (κ3) is 2.61. The van der Waals surface area contributed by atoms with Gasteiger partial charge < -0.3 is 0 Å². The minimum atomic E-state index is 0.545. The fourth-order valence-corrected chi connectivity index (χ4v) is 8.11. The molecule has 0 aromatic rings. The van der Waals surface area contributed by atoms with Crippen molar-refractivity contribution < 1.29 is 0 Å². The summed E-state index contributed by atoms with van der Waals surface area (Å²) in [6.45, 7) is 12.5. The fraction of sp³-hybridized carbons (Fsp3) is 0.840. The first kappa shape index (κ1) is 17.9. The Morgan fingerprint density at radius 1 is 1.08 bits per heavy atom. The monoisotopic (exact) mass is 340 g/mol. The predicted octanol–water partition coefficient (Wildman–Crippen LogP) is 7.56. The van der Waals surface area contributed by atoms with Crippen molar-refractivity contribution in [2.24, 2.45) is 40.4 Å². The second-order valence-corrected chi connectivity index (χ2v) is 10.6. The topological polar surface area (TPSA) is 0 Å². The van der Waals surface area contributed by atoms with E-state index in [0.717, 1.165) is 29.6 Å². The first-order chi connectivity index (χ1) is 11.9. The molecule has 25 heavy (non-hydrogen) atoms. The largest absolute Gasteiger partial charge is 0.0856 e. The molecule has 0 bridgehead atoms. The van der Waals surface area contributed by atoms with Crippen molar-refractivity contribution in [3.8, 4) is 0 Å². The van der Waals surface area contributed by atoms with Crippen LogP contribution in [0.2, 0.25) is 0 Å². The van der Waals surface area contributed by atoms with Gasteiger partial charge in [-0.25, -0.2) is 0 Å². The van der Waals surface area contributed by atoms with E-state index in [1.54, 1.807) is 5.57 Å². The van der Waals surface area contributed by atoms with E-state index < -0.39 is 0 Å². The van der Waals surface area contributed by atoms with Gasteiger partial charge in [0.15, 0.2) is 0 Å². The van der Waals surface area contributed by atoms with Crippen molar-refractivity contribution in [3.63, 3.8) is 0 Å². The summed E-state index contributed by atoms with van der Waals surface area (Å²) in [5.74, 6) is 4.68. The van der Waals surface area contributed by atoms with Gasteiger partial charge >= 0.3 is 0 Å². The molecular weight excluding hydrogens is 300 g/mol. The molecule has 4 rings (SSSR count). The highest BCUT2D eigenvalue weighted by Crippen LogP contribution is 2.67. The Balaban J connectivity index is 1.62. The van der Waals surface area contributed by atoms with Crippen LogP contribution in [-0.4, -0.2) is 0 Å². The van der Waals surface area contributed by atoms with Gasteiger partial charge in [0.1, 0.15) is 0 Å². The van der Waals surface area contributed by atoms with Crippen LogP contribution in [0.5, 0.6) is 0 Å². The van der Waals surface area contributed by atoms with Gasteiger partial charge in [-0.1, -0.05) is 51.0 Å².